The smallest absolute Gasteiger partial charge is 0.476 e. The minimum atomic E-state index is -5.31. The van der Waals surface area contributed by atoms with Crippen LogP contribution in [0.15, 0.2) is 6.07 Å². The molecule has 0 fully saturated rings. The van der Waals surface area contributed by atoms with Crippen molar-refractivity contribution in [1.29, 1.82) is 0 Å². The lowest BCUT2D eigenvalue weighted by molar-refractivity contribution is -0.385. The van der Waals surface area contributed by atoms with E-state index in [-0.39, 0.29) is 6.07 Å². The molecule has 0 atom stereocenters. The van der Waals surface area contributed by atoms with Crippen molar-refractivity contribution in [3.63, 3.8) is 0 Å². The average molecular weight is 270 g/mol. The molecule has 1 aromatic rings. The maximum absolute atomic E-state index is 13.0. The monoisotopic (exact) mass is 270 g/mol. The first-order valence-electron chi connectivity index (χ1n) is 3.96. The van der Waals surface area contributed by atoms with Gasteiger partial charge in [-0.3, -0.25) is 10.1 Å². The number of carboxylic acids is 1. The van der Waals surface area contributed by atoms with E-state index < -0.39 is 40.3 Å². The fraction of sp³-hybridized carbons (Fsp3) is 0.143. The first-order chi connectivity index (χ1) is 8.11. The van der Waals surface area contributed by atoms with Crippen LogP contribution < -0.4 is 4.74 Å². The molecule has 0 aliphatic heterocycles. The Balaban J connectivity index is 3.36. The zero-order chi connectivity index (χ0) is 14.1. The minimum Gasteiger partial charge on any atom is -0.476 e. The van der Waals surface area contributed by atoms with Gasteiger partial charge in [0.1, 0.15) is 0 Å². The van der Waals surface area contributed by atoms with E-state index in [1.807, 2.05) is 0 Å². The molecule has 0 aliphatic rings. The highest BCUT2D eigenvalue weighted by Crippen LogP contribution is 2.28. The molecule has 0 radical (unpaired) electrons. The van der Waals surface area contributed by atoms with Crippen LogP contribution in [-0.2, 0) is 0 Å². The van der Waals surface area contributed by atoms with Crippen molar-refractivity contribution in [1.82, 2.24) is 4.98 Å². The third-order valence-electron chi connectivity index (χ3n) is 1.54. The standard InChI is InChI=1S/C7H2F4N2O5/c8-2-1-3(13(16)17)4(6(14)15)12-5(2)18-7(9,10)11/h1H,(H,14,15). The molecule has 0 aromatic carbocycles. The number of carboxylic acid groups (broad SMARTS) is 1. The number of hydrogen-bond acceptors (Lipinski definition) is 5. The second-order valence-corrected chi connectivity index (χ2v) is 2.75. The third kappa shape index (κ3) is 3.02. The SMILES string of the molecule is O=C(O)c1nc(OC(F)(F)F)c(F)cc1[N+](=O)[O-]. The van der Waals surface area contributed by atoms with Gasteiger partial charge in [-0.15, -0.1) is 13.2 Å². The summed E-state index contributed by atoms with van der Waals surface area (Å²) in [4.78, 5) is 22.2. The van der Waals surface area contributed by atoms with Crippen molar-refractivity contribution < 1.29 is 37.1 Å². The van der Waals surface area contributed by atoms with Crippen LogP contribution in [0, 0.1) is 15.9 Å². The Morgan fingerprint density at radius 1 is 1.50 bits per heavy atom. The summed E-state index contributed by atoms with van der Waals surface area (Å²) in [5, 5.41) is 18.8. The number of carbonyl (C=O) groups is 1. The number of halogens is 4. The molecule has 1 rings (SSSR count). The highest BCUT2D eigenvalue weighted by Gasteiger charge is 2.35. The quantitative estimate of drug-likeness (QED) is 0.509. The summed E-state index contributed by atoms with van der Waals surface area (Å²) in [7, 11) is 0. The number of rotatable bonds is 3. The lowest BCUT2D eigenvalue weighted by atomic mass is 10.3. The van der Waals surface area contributed by atoms with Crippen molar-refractivity contribution in [3.05, 3.63) is 27.7 Å². The van der Waals surface area contributed by atoms with E-state index in [1.54, 1.807) is 0 Å². The van der Waals surface area contributed by atoms with Gasteiger partial charge in [0.15, 0.2) is 5.82 Å². The largest absolute Gasteiger partial charge is 0.574 e. The molecular weight excluding hydrogens is 268 g/mol. The molecule has 0 saturated heterocycles. The van der Waals surface area contributed by atoms with Gasteiger partial charge in [0.2, 0.25) is 5.69 Å². The molecule has 0 bridgehead atoms. The number of ether oxygens (including phenoxy) is 1. The van der Waals surface area contributed by atoms with Gasteiger partial charge in [0, 0.05) is 0 Å². The Labute approximate surface area is 94.8 Å². The van der Waals surface area contributed by atoms with Gasteiger partial charge in [-0.2, -0.15) is 4.98 Å². The van der Waals surface area contributed by atoms with E-state index in [1.165, 1.54) is 0 Å². The molecule has 98 valence electrons. The van der Waals surface area contributed by atoms with Crippen LogP contribution in [0.4, 0.5) is 23.2 Å². The van der Waals surface area contributed by atoms with E-state index in [4.69, 9.17) is 5.11 Å². The number of pyridine rings is 1. The van der Waals surface area contributed by atoms with Gasteiger partial charge in [-0.05, 0) is 0 Å². The molecule has 0 amide bonds. The van der Waals surface area contributed by atoms with Gasteiger partial charge < -0.3 is 9.84 Å². The average Bonchev–Trinajstić information content (AvgIpc) is 2.17. The maximum Gasteiger partial charge on any atom is 0.574 e. The number of alkyl halides is 3. The zero-order valence-corrected chi connectivity index (χ0v) is 8.06. The maximum atomic E-state index is 13.0. The molecule has 0 aliphatic carbocycles. The number of nitrogens with zero attached hydrogens (tertiary/aromatic N) is 2. The van der Waals surface area contributed by atoms with Gasteiger partial charge >= 0.3 is 18.0 Å². The molecule has 1 N–H and O–H groups in total. The number of aromatic carboxylic acids is 1. The Kier molecular flexibility index (Phi) is 3.35. The molecule has 0 spiro atoms. The van der Waals surface area contributed by atoms with Crippen molar-refractivity contribution >= 4 is 11.7 Å². The fourth-order valence-electron chi connectivity index (χ4n) is 0.940. The molecular formula is C7H2F4N2O5. The van der Waals surface area contributed by atoms with E-state index in [0.29, 0.717) is 0 Å². The molecule has 0 unspecified atom stereocenters. The van der Waals surface area contributed by atoms with Gasteiger partial charge in [0.25, 0.3) is 5.88 Å². The molecule has 1 heterocycles. The Morgan fingerprint density at radius 2 is 2.06 bits per heavy atom. The van der Waals surface area contributed by atoms with E-state index >= 15 is 0 Å². The van der Waals surface area contributed by atoms with E-state index in [9.17, 15) is 32.5 Å². The minimum absolute atomic E-state index is 0.0163. The van der Waals surface area contributed by atoms with Crippen LogP contribution >= 0.6 is 0 Å². The Hall–Kier alpha value is -2.46. The second-order valence-electron chi connectivity index (χ2n) is 2.75. The second kappa shape index (κ2) is 4.43. The Bertz CT molecular complexity index is 515. The molecule has 7 nitrogen and oxygen atoms in total. The number of nitro groups is 1. The summed E-state index contributed by atoms with van der Waals surface area (Å²) >= 11 is 0. The van der Waals surface area contributed by atoms with Crippen LogP contribution in [-0.4, -0.2) is 27.3 Å². The number of hydrogen-bond donors (Lipinski definition) is 1. The summed E-state index contributed by atoms with van der Waals surface area (Å²) in [6.07, 6.45) is -5.31. The van der Waals surface area contributed by atoms with Crippen LogP contribution in [0.3, 0.4) is 0 Å². The normalized spacial score (nSPS) is 11.1. The van der Waals surface area contributed by atoms with Crippen LogP contribution in [0.2, 0.25) is 0 Å². The van der Waals surface area contributed by atoms with Crippen molar-refractivity contribution in [3.8, 4) is 5.88 Å². The predicted octanol–water partition coefficient (Wildman–Crippen LogP) is 1.73. The molecule has 0 saturated carbocycles. The lowest BCUT2D eigenvalue weighted by Gasteiger charge is -2.09. The molecule has 18 heavy (non-hydrogen) atoms. The summed E-state index contributed by atoms with van der Waals surface area (Å²) in [6.45, 7) is 0. The first-order valence-corrected chi connectivity index (χ1v) is 3.96. The molecule has 11 heteroatoms. The third-order valence-corrected chi connectivity index (χ3v) is 1.54. The van der Waals surface area contributed by atoms with Crippen molar-refractivity contribution in [2.45, 2.75) is 6.36 Å². The summed E-state index contributed by atoms with van der Waals surface area (Å²) in [5.41, 5.74) is -2.64. The highest BCUT2D eigenvalue weighted by atomic mass is 19.4. The summed E-state index contributed by atoms with van der Waals surface area (Å²) < 4.78 is 51.5. The topological polar surface area (TPSA) is 103 Å². The summed E-state index contributed by atoms with van der Waals surface area (Å²) in [5.74, 6) is -5.50. The number of aromatic nitrogens is 1. The van der Waals surface area contributed by atoms with E-state index in [2.05, 4.69) is 9.72 Å². The van der Waals surface area contributed by atoms with Gasteiger partial charge in [0.05, 0.1) is 11.0 Å². The van der Waals surface area contributed by atoms with Crippen LogP contribution in [0.25, 0.3) is 0 Å². The highest BCUT2D eigenvalue weighted by molar-refractivity contribution is 5.90. The van der Waals surface area contributed by atoms with E-state index in [0.717, 1.165) is 0 Å². The molecule has 1 aromatic heterocycles. The van der Waals surface area contributed by atoms with Crippen molar-refractivity contribution in [2.75, 3.05) is 0 Å². The van der Waals surface area contributed by atoms with Crippen molar-refractivity contribution in [2.24, 2.45) is 0 Å². The van der Waals surface area contributed by atoms with Gasteiger partial charge in [-0.1, -0.05) is 0 Å². The lowest BCUT2D eigenvalue weighted by Crippen LogP contribution is -2.20. The zero-order valence-electron chi connectivity index (χ0n) is 8.06. The fourth-order valence-corrected chi connectivity index (χ4v) is 0.940. The van der Waals surface area contributed by atoms with Crippen LogP contribution in [0.5, 0.6) is 5.88 Å². The van der Waals surface area contributed by atoms with Gasteiger partial charge in [-0.25, -0.2) is 9.18 Å². The van der Waals surface area contributed by atoms with Crippen LogP contribution in [0.1, 0.15) is 10.5 Å². The Morgan fingerprint density at radius 3 is 2.44 bits per heavy atom. The summed E-state index contributed by atoms with van der Waals surface area (Å²) in [6, 6.07) is -0.0163. The predicted molar refractivity (Wildman–Crippen MR) is 44.5 cm³/mol. The first kappa shape index (κ1) is 13.6.